The molecule has 0 radical (unpaired) electrons. The molecule has 0 fully saturated rings. The summed E-state index contributed by atoms with van der Waals surface area (Å²) in [4.78, 5) is 6.70. The summed E-state index contributed by atoms with van der Waals surface area (Å²) >= 11 is 3.47. The Kier molecular flexibility index (Phi) is 4.53. The zero-order valence-electron chi connectivity index (χ0n) is 13.2. The molecule has 120 valence electrons. The fourth-order valence-corrected chi connectivity index (χ4v) is 3.10. The fourth-order valence-electron chi connectivity index (χ4n) is 2.70. The molecule has 0 aliphatic carbocycles. The highest BCUT2D eigenvalue weighted by molar-refractivity contribution is 9.10. The number of halogens is 1. The van der Waals surface area contributed by atoms with Crippen LogP contribution in [0, 0.1) is 0 Å². The molecular weight excluding hydrogens is 354 g/mol. The van der Waals surface area contributed by atoms with Gasteiger partial charge in [0, 0.05) is 10.0 Å². The van der Waals surface area contributed by atoms with E-state index in [1.807, 2.05) is 73.6 Å². The monoisotopic (exact) mass is 372 g/mol. The van der Waals surface area contributed by atoms with E-state index in [2.05, 4.69) is 21.2 Å². The minimum Gasteiger partial charge on any atom is -0.830 e. The summed E-state index contributed by atoms with van der Waals surface area (Å²) in [6, 6.07) is 17.3. The second kappa shape index (κ2) is 6.43. The van der Waals surface area contributed by atoms with E-state index in [-0.39, 0.29) is 6.17 Å². The molecule has 2 unspecified atom stereocenters. The number of aliphatic imine (C=N–C) groups is 1. The van der Waals surface area contributed by atoms with Crippen LogP contribution in [0.2, 0.25) is 0 Å². The van der Waals surface area contributed by atoms with E-state index < -0.39 is 5.72 Å². The van der Waals surface area contributed by atoms with Crippen molar-refractivity contribution >= 4 is 21.8 Å². The molecule has 5 heteroatoms. The summed E-state index contributed by atoms with van der Waals surface area (Å²) in [6.45, 7) is 0. The number of nitrogens with one attached hydrogen (secondary N) is 1. The first kappa shape index (κ1) is 16.2. The Morgan fingerprint density at radius 3 is 2.57 bits per heavy atom. The van der Waals surface area contributed by atoms with Crippen LogP contribution in [0.25, 0.3) is 0 Å². The third-order valence-corrected chi connectivity index (χ3v) is 4.50. The average molecular weight is 373 g/mol. The van der Waals surface area contributed by atoms with E-state index in [0.29, 0.717) is 12.3 Å². The molecular formula is C18H19BrN3O-. The van der Waals surface area contributed by atoms with Gasteiger partial charge < -0.3 is 10.4 Å². The fraction of sp³-hybridized carbons (Fsp3) is 0.278. The summed E-state index contributed by atoms with van der Waals surface area (Å²) in [5.41, 5.74) is 0.242. The molecule has 0 saturated carbocycles. The first-order valence-electron chi connectivity index (χ1n) is 7.52. The van der Waals surface area contributed by atoms with Gasteiger partial charge in [0.2, 0.25) is 0 Å². The molecule has 2 aromatic carbocycles. The van der Waals surface area contributed by atoms with Crippen molar-refractivity contribution in [2.24, 2.45) is 4.99 Å². The van der Waals surface area contributed by atoms with Gasteiger partial charge in [-0.05, 0) is 43.9 Å². The zero-order chi connectivity index (χ0) is 16.4. The highest BCUT2D eigenvalue weighted by Crippen LogP contribution is 2.27. The van der Waals surface area contributed by atoms with Gasteiger partial charge in [0.15, 0.2) is 0 Å². The lowest BCUT2D eigenvalue weighted by Gasteiger charge is -2.48. The van der Waals surface area contributed by atoms with Crippen molar-refractivity contribution in [2.45, 2.75) is 18.3 Å². The molecule has 0 saturated heterocycles. The van der Waals surface area contributed by atoms with E-state index in [9.17, 15) is 5.11 Å². The first-order chi connectivity index (χ1) is 11.0. The van der Waals surface area contributed by atoms with E-state index in [1.54, 1.807) is 0 Å². The molecule has 0 amide bonds. The van der Waals surface area contributed by atoms with Gasteiger partial charge in [-0.25, -0.2) is 4.99 Å². The van der Waals surface area contributed by atoms with Crippen LogP contribution in [0.1, 0.15) is 17.5 Å². The van der Waals surface area contributed by atoms with Gasteiger partial charge in [-0.1, -0.05) is 58.4 Å². The van der Waals surface area contributed by atoms with E-state index >= 15 is 0 Å². The van der Waals surface area contributed by atoms with Crippen LogP contribution in [0.3, 0.4) is 0 Å². The first-order valence-corrected chi connectivity index (χ1v) is 8.31. The van der Waals surface area contributed by atoms with Crippen molar-refractivity contribution in [3.63, 3.8) is 0 Å². The van der Waals surface area contributed by atoms with Crippen LogP contribution in [-0.4, -0.2) is 31.0 Å². The number of hydrogen-bond donors (Lipinski definition) is 1. The van der Waals surface area contributed by atoms with Crippen LogP contribution in [0.5, 0.6) is 0 Å². The second-order valence-electron chi connectivity index (χ2n) is 5.95. The number of nitrogens with zero attached hydrogens (tertiary/aromatic N) is 2. The predicted molar refractivity (Wildman–Crippen MR) is 94.0 cm³/mol. The molecule has 0 spiro atoms. The lowest BCUT2D eigenvalue weighted by atomic mass is 9.95. The Balaban J connectivity index is 2.02. The smallest absolute Gasteiger partial charge is 0.129 e. The van der Waals surface area contributed by atoms with Crippen LogP contribution in [0.4, 0.5) is 0 Å². The summed E-state index contributed by atoms with van der Waals surface area (Å²) in [5, 5.41) is 16.6. The Morgan fingerprint density at radius 1 is 1.17 bits per heavy atom. The normalized spacial score (nSPS) is 24.2. The lowest BCUT2D eigenvalue weighted by Crippen LogP contribution is -2.61. The standard InChI is InChI=1S/C18H19BrN3O/c1-22(2)16-12-18(23,14-8-4-3-5-9-14)21-17(20-16)13-7-6-10-15(19)11-13/h3-11,16H,12H2,1-2H3,(H,20,21)/q-1. The van der Waals surface area contributed by atoms with Gasteiger partial charge in [0.05, 0.1) is 0 Å². The van der Waals surface area contributed by atoms with Crippen molar-refractivity contribution in [1.82, 2.24) is 10.2 Å². The average Bonchev–Trinajstić information content (AvgIpc) is 2.55. The molecule has 1 aliphatic heterocycles. The molecule has 4 nitrogen and oxygen atoms in total. The van der Waals surface area contributed by atoms with Crippen LogP contribution in [0.15, 0.2) is 64.1 Å². The quantitative estimate of drug-likeness (QED) is 0.898. The topological polar surface area (TPSA) is 50.7 Å². The minimum atomic E-state index is -1.39. The van der Waals surface area contributed by atoms with Crippen molar-refractivity contribution in [1.29, 1.82) is 0 Å². The number of hydrogen-bond acceptors (Lipinski definition) is 4. The molecule has 1 heterocycles. The number of rotatable bonds is 3. The predicted octanol–water partition coefficient (Wildman–Crippen LogP) is 2.29. The van der Waals surface area contributed by atoms with Gasteiger partial charge in [0.1, 0.15) is 12.0 Å². The Labute approximate surface area is 145 Å². The third-order valence-electron chi connectivity index (χ3n) is 4.00. The van der Waals surface area contributed by atoms with Crippen LogP contribution >= 0.6 is 15.9 Å². The molecule has 1 N–H and O–H groups in total. The molecule has 0 aromatic heterocycles. The van der Waals surface area contributed by atoms with Gasteiger partial charge >= 0.3 is 0 Å². The Hall–Kier alpha value is -1.69. The van der Waals surface area contributed by atoms with Gasteiger partial charge in [-0.2, -0.15) is 0 Å². The van der Waals surface area contributed by atoms with Crippen LogP contribution < -0.4 is 10.4 Å². The van der Waals surface area contributed by atoms with Crippen molar-refractivity contribution in [3.8, 4) is 0 Å². The van der Waals surface area contributed by atoms with Crippen molar-refractivity contribution in [3.05, 3.63) is 70.2 Å². The maximum atomic E-state index is 13.5. The maximum Gasteiger partial charge on any atom is 0.129 e. The summed E-state index contributed by atoms with van der Waals surface area (Å²) in [6.07, 6.45) is 0.213. The SMILES string of the molecule is CN(C)C1CC([O-])(c2ccccc2)NC(c2cccc(Br)c2)=N1. The highest BCUT2D eigenvalue weighted by Gasteiger charge is 2.31. The second-order valence-corrected chi connectivity index (χ2v) is 6.87. The van der Waals surface area contributed by atoms with Crippen molar-refractivity contribution in [2.75, 3.05) is 14.1 Å². The Bertz CT molecular complexity index is 717. The maximum absolute atomic E-state index is 13.5. The minimum absolute atomic E-state index is 0.164. The van der Waals surface area contributed by atoms with Gasteiger partial charge in [-0.15, -0.1) is 0 Å². The highest BCUT2D eigenvalue weighted by atomic mass is 79.9. The lowest BCUT2D eigenvalue weighted by molar-refractivity contribution is -0.499. The Morgan fingerprint density at radius 2 is 1.91 bits per heavy atom. The van der Waals surface area contributed by atoms with E-state index in [0.717, 1.165) is 15.6 Å². The van der Waals surface area contributed by atoms with Gasteiger partial charge in [-0.3, -0.25) is 4.90 Å². The van der Waals surface area contributed by atoms with Gasteiger partial charge in [0.25, 0.3) is 0 Å². The molecule has 2 aromatic rings. The summed E-state index contributed by atoms with van der Waals surface area (Å²) in [5.74, 6) is 0.634. The largest absolute Gasteiger partial charge is 0.830 e. The number of amidine groups is 1. The van der Waals surface area contributed by atoms with E-state index in [1.165, 1.54) is 0 Å². The van der Waals surface area contributed by atoms with Crippen molar-refractivity contribution < 1.29 is 5.11 Å². The van der Waals surface area contributed by atoms with E-state index in [4.69, 9.17) is 4.99 Å². The molecule has 2 atom stereocenters. The molecule has 3 rings (SSSR count). The molecule has 1 aliphatic rings. The van der Waals surface area contributed by atoms with Crippen LogP contribution in [-0.2, 0) is 5.72 Å². The third kappa shape index (κ3) is 3.47. The molecule has 0 bridgehead atoms. The molecule has 23 heavy (non-hydrogen) atoms. The summed E-state index contributed by atoms with van der Waals surface area (Å²) < 4.78 is 0.961. The summed E-state index contributed by atoms with van der Waals surface area (Å²) in [7, 11) is 3.90. The number of benzene rings is 2. The zero-order valence-corrected chi connectivity index (χ0v) is 14.7.